The first-order valence-electron chi connectivity index (χ1n) is 4.43. The van der Waals surface area contributed by atoms with E-state index in [4.69, 9.17) is 5.73 Å². The lowest BCUT2D eigenvalue weighted by molar-refractivity contribution is 0.545. The maximum absolute atomic E-state index is 13.4. The van der Waals surface area contributed by atoms with Crippen LogP contribution >= 0.6 is 23.7 Å². The molecule has 0 amide bonds. The van der Waals surface area contributed by atoms with E-state index in [1.807, 2.05) is 5.38 Å². The van der Waals surface area contributed by atoms with Gasteiger partial charge in [-0.15, -0.1) is 23.7 Å². The predicted octanol–water partition coefficient (Wildman–Crippen LogP) is 3.50. The molecular weight excluding hydrogens is 252 g/mol. The van der Waals surface area contributed by atoms with Gasteiger partial charge in [0.1, 0.15) is 11.6 Å². The molecule has 1 aromatic carbocycles. The lowest BCUT2D eigenvalue weighted by Gasteiger charge is -2.11. The van der Waals surface area contributed by atoms with Gasteiger partial charge in [-0.3, -0.25) is 0 Å². The van der Waals surface area contributed by atoms with Gasteiger partial charge in [-0.25, -0.2) is 8.78 Å². The average Bonchev–Trinajstić information content (AvgIpc) is 2.69. The molecule has 0 saturated heterocycles. The summed E-state index contributed by atoms with van der Waals surface area (Å²) in [6.45, 7) is 0. The normalized spacial score (nSPS) is 11.9. The molecular formula is C11H10ClF2NS. The number of nitrogens with two attached hydrogens (primary N) is 1. The van der Waals surface area contributed by atoms with Crippen molar-refractivity contribution in [2.45, 2.75) is 6.04 Å². The number of hydrogen-bond donors (Lipinski definition) is 1. The summed E-state index contributed by atoms with van der Waals surface area (Å²) in [5.74, 6) is -1.20. The molecule has 86 valence electrons. The SMILES string of the molecule is Cl.N[C@@H](c1cccs1)c1c(F)cccc1F. The van der Waals surface area contributed by atoms with Crippen LogP contribution in [0.1, 0.15) is 16.5 Å². The molecule has 0 aliphatic heterocycles. The average molecular weight is 262 g/mol. The molecule has 0 aliphatic rings. The minimum absolute atomic E-state index is 0. The highest BCUT2D eigenvalue weighted by atomic mass is 35.5. The van der Waals surface area contributed by atoms with E-state index in [2.05, 4.69) is 0 Å². The molecule has 1 nitrogen and oxygen atoms in total. The van der Waals surface area contributed by atoms with Crippen LogP contribution in [0.2, 0.25) is 0 Å². The molecule has 0 bridgehead atoms. The first-order valence-corrected chi connectivity index (χ1v) is 5.31. The first-order chi connectivity index (χ1) is 7.20. The second kappa shape index (κ2) is 5.39. The Hall–Kier alpha value is -0.970. The Bertz CT molecular complexity index is 439. The summed E-state index contributed by atoms with van der Waals surface area (Å²) in [5, 5.41) is 1.83. The van der Waals surface area contributed by atoms with Crippen LogP contribution in [0.5, 0.6) is 0 Å². The number of rotatable bonds is 2. The van der Waals surface area contributed by atoms with Crippen molar-refractivity contribution in [1.29, 1.82) is 0 Å². The first kappa shape index (κ1) is 13.1. The molecule has 1 atom stereocenters. The van der Waals surface area contributed by atoms with Crippen molar-refractivity contribution in [2.24, 2.45) is 5.73 Å². The van der Waals surface area contributed by atoms with Gasteiger partial charge < -0.3 is 5.73 Å². The van der Waals surface area contributed by atoms with Crippen molar-refractivity contribution in [3.8, 4) is 0 Å². The van der Waals surface area contributed by atoms with Gasteiger partial charge in [0, 0.05) is 10.4 Å². The van der Waals surface area contributed by atoms with Crippen molar-refractivity contribution >= 4 is 23.7 Å². The van der Waals surface area contributed by atoms with Gasteiger partial charge in [0.05, 0.1) is 6.04 Å². The van der Waals surface area contributed by atoms with E-state index in [0.717, 1.165) is 4.88 Å². The van der Waals surface area contributed by atoms with E-state index in [0.29, 0.717) is 0 Å². The Balaban J connectivity index is 0.00000128. The summed E-state index contributed by atoms with van der Waals surface area (Å²) < 4.78 is 26.8. The minimum atomic E-state index is -0.730. The fraction of sp³-hybridized carbons (Fsp3) is 0.0909. The molecule has 2 aromatic rings. The molecule has 0 unspecified atom stereocenters. The Morgan fingerprint density at radius 2 is 1.69 bits per heavy atom. The van der Waals surface area contributed by atoms with Gasteiger partial charge in [0.2, 0.25) is 0 Å². The number of benzene rings is 1. The fourth-order valence-electron chi connectivity index (χ4n) is 1.42. The predicted molar refractivity (Wildman–Crippen MR) is 64.0 cm³/mol. The summed E-state index contributed by atoms with van der Waals surface area (Å²) in [6.07, 6.45) is 0. The van der Waals surface area contributed by atoms with E-state index in [1.165, 1.54) is 29.5 Å². The van der Waals surface area contributed by atoms with Crippen LogP contribution in [0.15, 0.2) is 35.7 Å². The smallest absolute Gasteiger partial charge is 0.131 e. The molecule has 2 rings (SSSR count). The molecule has 0 radical (unpaired) electrons. The summed E-state index contributed by atoms with van der Waals surface area (Å²) in [6, 6.07) is 6.60. The Morgan fingerprint density at radius 3 is 2.19 bits per heavy atom. The van der Waals surface area contributed by atoms with Crippen LogP contribution in [0.4, 0.5) is 8.78 Å². The number of thiophene rings is 1. The Labute approximate surface area is 102 Å². The largest absolute Gasteiger partial charge is 0.319 e. The summed E-state index contributed by atoms with van der Waals surface area (Å²) >= 11 is 1.38. The summed E-state index contributed by atoms with van der Waals surface area (Å²) in [5.41, 5.74) is 5.72. The minimum Gasteiger partial charge on any atom is -0.319 e. The number of halogens is 3. The quantitative estimate of drug-likeness (QED) is 0.880. The molecule has 0 aliphatic carbocycles. The maximum Gasteiger partial charge on any atom is 0.131 e. The molecule has 1 heterocycles. The highest BCUT2D eigenvalue weighted by Gasteiger charge is 2.18. The molecule has 0 spiro atoms. The third-order valence-corrected chi connectivity index (χ3v) is 3.12. The Morgan fingerprint density at radius 1 is 1.06 bits per heavy atom. The molecule has 1 aromatic heterocycles. The zero-order valence-electron chi connectivity index (χ0n) is 8.19. The van der Waals surface area contributed by atoms with Gasteiger partial charge >= 0.3 is 0 Å². The van der Waals surface area contributed by atoms with Crippen LogP contribution in [-0.2, 0) is 0 Å². The zero-order chi connectivity index (χ0) is 10.8. The van der Waals surface area contributed by atoms with Crippen molar-refractivity contribution in [1.82, 2.24) is 0 Å². The third-order valence-electron chi connectivity index (χ3n) is 2.16. The van der Waals surface area contributed by atoms with Crippen LogP contribution in [0.25, 0.3) is 0 Å². The zero-order valence-corrected chi connectivity index (χ0v) is 9.82. The standard InChI is InChI=1S/C11H9F2NS.ClH/c12-7-3-1-4-8(13)10(7)11(14)9-5-2-6-15-9;/h1-6,11H,14H2;1H/t11-;/m0./s1. The Kier molecular flexibility index (Phi) is 4.41. The van der Waals surface area contributed by atoms with Crippen LogP contribution in [0.3, 0.4) is 0 Å². The lowest BCUT2D eigenvalue weighted by atomic mass is 10.1. The molecule has 2 N–H and O–H groups in total. The monoisotopic (exact) mass is 261 g/mol. The summed E-state index contributed by atoms with van der Waals surface area (Å²) in [7, 11) is 0. The van der Waals surface area contributed by atoms with Gasteiger partial charge in [-0.05, 0) is 23.6 Å². The molecule has 16 heavy (non-hydrogen) atoms. The van der Waals surface area contributed by atoms with Gasteiger partial charge in [-0.1, -0.05) is 12.1 Å². The molecule has 0 fully saturated rings. The second-order valence-corrected chi connectivity index (χ2v) is 4.11. The molecule has 0 saturated carbocycles. The van der Waals surface area contributed by atoms with Crippen molar-refractivity contribution in [2.75, 3.05) is 0 Å². The van der Waals surface area contributed by atoms with Crippen molar-refractivity contribution < 1.29 is 8.78 Å². The topological polar surface area (TPSA) is 26.0 Å². The van der Waals surface area contributed by atoms with E-state index in [9.17, 15) is 8.78 Å². The second-order valence-electron chi connectivity index (χ2n) is 3.13. The van der Waals surface area contributed by atoms with E-state index >= 15 is 0 Å². The van der Waals surface area contributed by atoms with Crippen LogP contribution in [-0.4, -0.2) is 0 Å². The third kappa shape index (κ3) is 2.40. The maximum atomic E-state index is 13.4. The van der Waals surface area contributed by atoms with Crippen LogP contribution < -0.4 is 5.73 Å². The van der Waals surface area contributed by atoms with E-state index in [-0.39, 0.29) is 18.0 Å². The van der Waals surface area contributed by atoms with E-state index in [1.54, 1.807) is 12.1 Å². The number of hydrogen-bond acceptors (Lipinski definition) is 2. The highest BCUT2D eigenvalue weighted by molar-refractivity contribution is 7.10. The van der Waals surface area contributed by atoms with Gasteiger partial charge in [-0.2, -0.15) is 0 Å². The molecule has 5 heteroatoms. The van der Waals surface area contributed by atoms with Gasteiger partial charge in [0.15, 0.2) is 0 Å². The fourth-order valence-corrected chi connectivity index (χ4v) is 2.15. The van der Waals surface area contributed by atoms with Crippen molar-refractivity contribution in [3.63, 3.8) is 0 Å². The van der Waals surface area contributed by atoms with E-state index < -0.39 is 17.7 Å². The lowest BCUT2D eigenvalue weighted by Crippen LogP contribution is -2.14. The highest BCUT2D eigenvalue weighted by Crippen LogP contribution is 2.27. The summed E-state index contributed by atoms with van der Waals surface area (Å²) in [4.78, 5) is 0.749. The van der Waals surface area contributed by atoms with Crippen molar-refractivity contribution in [3.05, 3.63) is 57.8 Å². The van der Waals surface area contributed by atoms with Gasteiger partial charge in [0.25, 0.3) is 0 Å². The van der Waals surface area contributed by atoms with Crippen LogP contribution in [0, 0.1) is 11.6 Å².